The molecule has 2 saturated heterocycles. The Balaban J connectivity index is 1.56. The van der Waals surface area contributed by atoms with Gasteiger partial charge in [0.1, 0.15) is 4.83 Å². The number of nitrogens with zero attached hydrogens (tertiary/aromatic N) is 3. The number of aryl methyl sites for hydroxylation is 1. The van der Waals surface area contributed by atoms with Gasteiger partial charge in [0.15, 0.2) is 11.6 Å². The van der Waals surface area contributed by atoms with E-state index >= 15 is 0 Å². The van der Waals surface area contributed by atoms with Crippen molar-refractivity contribution in [1.82, 2.24) is 19.8 Å². The van der Waals surface area contributed by atoms with E-state index in [0.717, 1.165) is 37.9 Å². The molecule has 0 saturated carbocycles. The number of carbonyl (C=O) groups is 1. The first kappa shape index (κ1) is 17.6. The number of thiophene rings is 1. The highest BCUT2D eigenvalue weighted by atomic mass is 32.1. The zero-order chi connectivity index (χ0) is 19.4. The maximum Gasteiger partial charge on any atom is 0.264 e. The smallest absolute Gasteiger partial charge is 0.264 e. The first-order chi connectivity index (χ1) is 13.5. The number of hydrogen-bond acceptors (Lipinski definition) is 6. The number of likely N-dealkylation sites (tertiary alicyclic amines) is 2. The number of amides is 1. The van der Waals surface area contributed by atoms with Gasteiger partial charge in [-0.15, -0.1) is 11.3 Å². The largest absolute Gasteiger partial charge is 0.461 e. The predicted octanol–water partition coefficient (Wildman–Crippen LogP) is 2.86. The van der Waals surface area contributed by atoms with E-state index in [-0.39, 0.29) is 17.5 Å². The third-order valence-electron chi connectivity index (χ3n) is 6.10. The van der Waals surface area contributed by atoms with Crippen LogP contribution in [0.1, 0.15) is 34.5 Å². The monoisotopic (exact) mass is 398 g/mol. The SMILES string of the molecule is Cc1c(C(=O)N2CCC[C@@H]3[C@H]2CCN3C)sc2nc(-c3ccco3)[nH]c(=O)c12. The standard InChI is InChI=1S/C20H22N4O3S/c1-11-15-18(25)21-17(14-6-4-10-27-14)22-19(15)28-16(11)20(26)24-8-3-5-12-13(24)7-9-23(12)2/h4,6,10,12-13H,3,5,7-9H2,1-2H3,(H,21,22,25)/t12-,13-/m1/s1. The fourth-order valence-corrected chi connectivity index (χ4v) is 5.80. The van der Waals surface area contributed by atoms with Gasteiger partial charge in [-0.05, 0) is 50.9 Å². The number of hydrogen-bond donors (Lipinski definition) is 1. The molecule has 0 unspecified atom stereocenters. The lowest BCUT2D eigenvalue weighted by Crippen LogP contribution is -2.51. The molecule has 8 heteroatoms. The first-order valence-electron chi connectivity index (χ1n) is 9.63. The Morgan fingerprint density at radius 1 is 1.32 bits per heavy atom. The molecular weight excluding hydrogens is 376 g/mol. The van der Waals surface area contributed by atoms with Gasteiger partial charge in [-0.1, -0.05) is 0 Å². The van der Waals surface area contributed by atoms with Gasteiger partial charge >= 0.3 is 0 Å². The van der Waals surface area contributed by atoms with Crippen LogP contribution in [-0.2, 0) is 0 Å². The molecular formula is C20H22N4O3S. The molecule has 28 heavy (non-hydrogen) atoms. The van der Waals surface area contributed by atoms with E-state index in [9.17, 15) is 9.59 Å². The van der Waals surface area contributed by atoms with Crippen molar-refractivity contribution in [3.63, 3.8) is 0 Å². The van der Waals surface area contributed by atoms with Crippen molar-refractivity contribution in [1.29, 1.82) is 0 Å². The molecule has 2 fully saturated rings. The van der Waals surface area contributed by atoms with Crippen LogP contribution in [0.2, 0.25) is 0 Å². The quantitative estimate of drug-likeness (QED) is 0.718. The summed E-state index contributed by atoms with van der Waals surface area (Å²) in [5.41, 5.74) is 0.486. The summed E-state index contributed by atoms with van der Waals surface area (Å²) < 4.78 is 5.35. The summed E-state index contributed by atoms with van der Waals surface area (Å²) >= 11 is 1.31. The van der Waals surface area contributed by atoms with E-state index in [1.165, 1.54) is 11.3 Å². The fourth-order valence-electron chi connectivity index (χ4n) is 4.66. The second kappa shape index (κ2) is 6.56. The zero-order valence-electron chi connectivity index (χ0n) is 15.9. The topological polar surface area (TPSA) is 82.4 Å². The van der Waals surface area contributed by atoms with Crippen LogP contribution < -0.4 is 5.56 Å². The fraction of sp³-hybridized carbons (Fsp3) is 0.450. The van der Waals surface area contributed by atoms with Crippen molar-refractivity contribution < 1.29 is 9.21 Å². The normalized spacial score (nSPS) is 22.7. The minimum Gasteiger partial charge on any atom is -0.461 e. The van der Waals surface area contributed by atoms with Crippen LogP contribution in [0.3, 0.4) is 0 Å². The molecule has 146 valence electrons. The van der Waals surface area contributed by atoms with Crippen LogP contribution in [-0.4, -0.2) is 57.9 Å². The van der Waals surface area contributed by atoms with Gasteiger partial charge in [0.25, 0.3) is 11.5 Å². The second-order valence-electron chi connectivity index (χ2n) is 7.67. The molecule has 0 aromatic carbocycles. The summed E-state index contributed by atoms with van der Waals surface area (Å²) in [6.07, 6.45) is 4.71. The Hall–Kier alpha value is -2.45. The van der Waals surface area contributed by atoms with E-state index < -0.39 is 0 Å². The molecule has 3 aromatic rings. The lowest BCUT2D eigenvalue weighted by atomic mass is 9.96. The second-order valence-corrected chi connectivity index (χ2v) is 8.67. The van der Waals surface area contributed by atoms with Crippen LogP contribution >= 0.6 is 11.3 Å². The van der Waals surface area contributed by atoms with Crippen LogP contribution in [0.5, 0.6) is 0 Å². The molecule has 2 atom stereocenters. The molecule has 5 rings (SSSR count). The van der Waals surface area contributed by atoms with Crippen LogP contribution in [0.15, 0.2) is 27.6 Å². The maximum absolute atomic E-state index is 13.4. The van der Waals surface area contributed by atoms with Crippen molar-refractivity contribution in [3.05, 3.63) is 39.2 Å². The van der Waals surface area contributed by atoms with Gasteiger partial charge in [0, 0.05) is 25.2 Å². The minimum atomic E-state index is -0.235. The number of fused-ring (bicyclic) bond motifs is 2. The third-order valence-corrected chi connectivity index (χ3v) is 7.27. The number of aromatic nitrogens is 2. The lowest BCUT2D eigenvalue weighted by molar-refractivity contribution is 0.0548. The minimum absolute atomic E-state index is 0.0319. The molecule has 0 aliphatic carbocycles. The Kier molecular flexibility index (Phi) is 4.13. The molecule has 5 heterocycles. The average Bonchev–Trinajstić information content (AvgIpc) is 3.41. The van der Waals surface area contributed by atoms with Crippen molar-refractivity contribution in [2.45, 2.75) is 38.3 Å². The van der Waals surface area contributed by atoms with E-state index in [4.69, 9.17) is 4.42 Å². The molecule has 1 amide bonds. The number of rotatable bonds is 2. The van der Waals surface area contributed by atoms with Crippen molar-refractivity contribution in [2.24, 2.45) is 0 Å². The summed E-state index contributed by atoms with van der Waals surface area (Å²) in [5.74, 6) is 0.924. The highest BCUT2D eigenvalue weighted by Crippen LogP contribution is 2.34. The molecule has 2 aliphatic heterocycles. The van der Waals surface area contributed by atoms with Gasteiger partial charge in [-0.3, -0.25) is 9.59 Å². The molecule has 0 spiro atoms. The number of aromatic amines is 1. The average molecular weight is 398 g/mol. The number of nitrogens with one attached hydrogen (secondary N) is 1. The number of furan rings is 1. The Morgan fingerprint density at radius 3 is 2.96 bits per heavy atom. The van der Waals surface area contributed by atoms with Gasteiger partial charge in [-0.25, -0.2) is 4.98 Å². The predicted molar refractivity (Wildman–Crippen MR) is 108 cm³/mol. The van der Waals surface area contributed by atoms with Crippen molar-refractivity contribution >= 4 is 27.5 Å². The Labute approximate surface area is 166 Å². The summed E-state index contributed by atoms with van der Waals surface area (Å²) in [7, 11) is 2.14. The molecule has 3 aromatic heterocycles. The number of piperidine rings is 1. The van der Waals surface area contributed by atoms with Crippen LogP contribution in [0.25, 0.3) is 21.8 Å². The maximum atomic E-state index is 13.4. The molecule has 0 radical (unpaired) electrons. The molecule has 1 N–H and O–H groups in total. The Bertz CT molecular complexity index is 1100. The van der Waals surface area contributed by atoms with Crippen molar-refractivity contribution in [3.8, 4) is 11.6 Å². The zero-order valence-corrected chi connectivity index (χ0v) is 16.7. The summed E-state index contributed by atoms with van der Waals surface area (Å²) in [5, 5.41) is 0.501. The summed E-state index contributed by atoms with van der Waals surface area (Å²) in [6.45, 7) is 3.65. The number of H-pyrrole nitrogens is 1. The molecule has 0 bridgehead atoms. The van der Waals surface area contributed by atoms with Gasteiger partial charge in [-0.2, -0.15) is 0 Å². The lowest BCUT2D eigenvalue weighted by Gasteiger charge is -2.39. The van der Waals surface area contributed by atoms with E-state index in [0.29, 0.717) is 32.7 Å². The number of likely N-dealkylation sites (N-methyl/N-ethyl adjacent to an activating group) is 1. The van der Waals surface area contributed by atoms with Gasteiger partial charge < -0.3 is 19.2 Å². The third kappa shape index (κ3) is 2.62. The molecule has 7 nitrogen and oxygen atoms in total. The van der Waals surface area contributed by atoms with E-state index in [2.05, 4.69) is 21.9 Å². The summed E-state index contributed by atoms with van der Waals surface area (Å²) in [6, 6.07) is 4.21. The Morgan fingerprint density at radius 2 is 2.18 bits per heavy atom. The van der Waals surface area contributed by atoms with Crippen LogP contribution in [0.4, 0.5) is 0 Å². The molecule has 2 aliphatic rings. The number of carbonyl (C=O) groups excluding carboxylic acids is 1. The van der Waals surface area contributed by atoms with Crippen molar-refractivity contribution in [2.75, 3.05) is 20.1 Å². The van der Waals surface area contributed by atoms with E-state index in [1.54, 1.807) is 18.4 Å². The summed E-state index contributed by atoms with van der Waals surface area (Å²) in [4.78, 5) is 39.0. The highest BCUT2D eigenvalue weighted by Gasteiger charge is 2.41. The van der Waals surface area contributed by atoms with Gasteiger partial charge in [0.05, 0.1) is 16.5 Å². The first-order valence-corrected chi connectivity index (χ1v) is 10.4. The van der Waals surface area contributed by atoms with Gasteiger partial charge in [0.2, 0.25) is 0 Å². The van der Waals surface area contributed by atoms with E-state index in [1.807, 2.05) is 11.8 Å². The van der Waals surface area contributed by atoms with Crippen LogP contribution in [0, 0.1) is 6.92 Å². The highest BCUT2D eigenvalue weighted by molar-refractivity contribution is 7.20.